The normalized spacial score (nSPS) is 11.6. The van der Waals surface area contributed by atoms with E-state index in [-0.39, 0.29) is 11.4 Å². The third-order valence-electron chi connectivity index (χ3n) is 1.72. The number of hydrogen-bond donors (Lipinski definition) is 2. The molecule has 1 aromatic rings. The van der Waals surface area contributed by atoms with E-state index < -0.39 is 20.8 Å². The Labute approximate surface area is 86.9 Å². The Hall–Kier alpha value is -0.780. The van der Waals surface area contributed by atoms with Crippen LogP contribution >= 0.6 is 11.6 Å². The first-order valence-corrected chi connectivity index (χ1v) is 5.69. The number of phenols is 1. The second-order valence-corrected chi connectivity index (χ2v) is 4.54. The van der Waals surface area contributed by atoms with Gasteiger partial charge in [-0.2, -0.15) is 8.42 Å². The van der Waals surface area contributed by atoms with E-state index in [1.807, 2.05) is 0 Å². The van der Waals surface area contributed by atoms with Gasteiger partial charge in [-0.3, -0.25) is 4.55 Å². The van der Waals surface area contributed by atoms with Crippen molar-refractivity contribution in [3.8, 4) is 5.75 Å². The molecule has 0 aliphatic carbocycles. The largest absolute Gasteiger partial charge is 0.506 e. The molecule has 0 atom stereocenters. The predicted octanol–water partition coefficient (Wildman–Crippen LogP) is 1.69. The minimum atomic E-state index is -4.40. The van der Waals surface area contributed by atoms with Crippen LogP contribution in [0.3, 0.4) is 0 Å². The molecule has 0 heterocycles. The van der Waals surface area contributed by atoms with Gasteiger partial charge in [0.25, 0.3) is 10.1 Å². The lowest BCUT2D eigenvalue weighted by Crippen LogP contribution is -2.00. The van der Waals surface area contributed by atoms with Crippen molar-refractivity contribution in [1.82, 2.24) is 0 Å². The van der Waals surface area contributed by atoms with Crippen molar-refractivity contribution in [2.45, 2.75) is 17.7 Å². The molecule has 14 heavy (non-hydrogen) atoms. The van der Waals surface area contributed by atoms with Crippen molar-refractivity contribution >= 4 is 21.7 Å². The number of phenolic OH excluding ortho intramolecular Hbond substituents is 1. The summed E-state index contributed by atoms with van der Waals surface area (Å²) in [5, 5.41) is 9.43. The molecule has 0 aliphatic rings. The maximum atomic E-state index is 10.8. The first-order chi connectivity index (χ1) is 6.36. The van der Waals surface area contributed by atoms with Crippen LogP contribution in [0, 0.1) is 6.92 Å². The molecule has 0 amide bonds. The van der Waals surface area contributed by atoms with Gasteiger partial charge in [-0.1, -0.05) is 6.07 Å². The van der Waals surface area contributed by atoms with Crippen molar-refractivity contribution in [3.05, 3.63) is 23.3 Å². The van der Waals surface area contributed by atoms with Crippen molar-refractivity contribution in [1.29, 1.82) is 0 Å². The Bertz CT molecular complexity index is 453. The lowest BCUT2D eigenvalue weighted by molar-refractivity contribution is 0.439. The van der Waals surface area contributed by atoms with Crippen molar-refractivity contribution in [2.75, 3.05) is 0 Å². The first kappa shape index (κ1) is 11.3. The minimum absolute atomic E-state index is 0.0178. The predicted molar refractivity (Wildman–Crippen MR) is 52.2 cm³/mol. The molecular weight excluding hydrogens is 228 g/mol. The van der Waals surface area contributed by atoms with Crippen LogP contribution in [-0.4, -0.2) is 18.1 Å². The van der Waals surface area contributed by atoms with Gasteiger partial charge in [-0.15, -0.1) is 11.6 Å². The van der Waals surface area contributed by atoms with E-state index in [9.17, 15) is 13.5 Å². The molecule has 1 rings (SSSR count). The highest BCUT2D eigenvalue weighted by Crippen LogP contribution is 2.29. The van der Waals surface area contributed by atoms with Gasteiger partial charge < -0.3 is 5.11 Å². The summed E-state index contributed by atoms with van der Waals surface area (Å²) in [5.41, 5.74) is 0.880. The number of halogens is 1. The molecule has 2 N–H and O–H groups in total. The third kappa shape index (κ3) is 2.17. The standard InChI is InChI=1S/C8H9ClO4S/c1-5-2-6(4-9)8(10)7(3-5)14(11,12)13/h2-3,10H,4H2,1H3,(H,11,12,13). The number of aromatic hydroxyl groups is 1. The van der Waals surface area contributed by atoms with Crippen molar-refractivity contribution in [3.63, 3.8) is 0 Å². The number of hydrogen-bond acceptors (Lipinski definition) is 3. The second kappa shape index (κ2) is 3.76. The molecule has 0 bridgehead atoms. The molecule has 4 nitrogen and oxygen atoms in total. The maximum Gasteiger partial charge on any atom is 0.298 e. The SMILES string of the molecule is Cc1cc(CCl)c(O)c(S(=O)(=O)O)c1. The highest BCUT2D eigenvalue weighted by Gasteiger charge is 2.18. The average Bonchev–Trinajstić information content (AvgIpc) is 2.06. The van der Waals surface area contributed by atoms with Crippen LogP contribution < -0.4 is 0 Å². The highest BCUT2D eigenvalue weighted by molar-refractivity contribution is 7.86. The molecule has 6 heteroatoms. The van der Waals surface area contributed by atoms with Gasteiger partial charge in [0, 0.05) is 5.56 Å². The van der Waals surface area contributed by atoms with Crippen LogP contribution in [0.2, 0.25) is 0 Å². The zero-order valence-corrected chi connectivity index (χ0v) is 8.93. The Kier molecular flexibility index (Phi) is 3.04. The topological polar surface area (TPSA) is 74.6 Å². The fourth-order valence-electron chi connectivity index (χ4n) is 1.12. The average molecular weight is 237 g/mol. The van der Waals surface area contributed by atoms with Crippen molar-refractivity contribution in [2.24, 2.45) is 0 Å². The Balaban J connectivity index is 3.53. The molecule has 0 saturated heterocycles. The summed E-state index contributed by atoms with van der Waals surface area (Å²) in [6, 6.07) is 2.73. The summed E-state index contributed by atoms with van der Waals surface area (Å²) in [6.07, 6.45) is 0. The Morgan fingerprint density at radius 3 is 2.43 bits per heavy atom. The summed E-state index contributed by atoms with van der Waals surface area (Å²) < 4.78 is 30.4. The summed E-state index contributed by atoms with van der Waals surface area (Å²) >= 11 is 5.49. The summed E-state index contributed by atoms with van der Waals surface area (Å²) in [5.74, 6) is -0.510. The Morgan fingerprint density at radius 1 is 1.43 bits per heavy atom. The van der Waals surface area contributed by atoms with E-state index in [1.165, 1.54) is 6.07 Å². The van der Waals surface area contributed by atoms with E-state index in [1.54, 1.807) is 13.0 Å². The number of benzene rings is 1. The van der Waals surface area contributed by atoms with Gasteiger partial charge in [0.2, 0.25) is 0 Å². The lowest BCUT2D eigenvalue weighted by atomic mass is 10.1. The maximum absolute atomic E-state index is 10.8. The van der Waals surface area contributed by atoms with E-state index in [0.29, 0.717) is 5.56 Å². The molecule has 0 fully saturated rings. The van der Waals surface area contributed by atoms with Crippen LogP contribution in [-0.2, 0) is 16.0 Å². The van der Waals surface area contributed by atoms with Crippen LogP contribution in [0.1, 0.15) is 11.1 Å². The van der Waals surface area contributed by atoms with Gasteiger partial charge in [-0.25, -0.2) is 0 Å². The zero-order chi connectivity index (χ0) is 10.9. The fourth-order valence-corrected chi connectivity index (χ4v) is 2.03. The second-order valence-electron chi connectivity index (χ2n) is 2.88. The molecule has 0 spiro atoms. The van der Waals surface area contributed by atoms with Crippen LogP contribution in [0.4, 0.5) is 0 Å². The zero-order valence-electron chi connectivity index (χ0n) is 7.36. The molecule has 78 valence electrons. The first-order valence-electron chi connectivity index (χ1n) is 3.72. The van der Waals surface area contributed by atoms with Gasteiger partial charge in [0.05, 0.1) is 5.88 Å². The molecular formula is C8H9ClO4S. The third-order valence-corrected chi connectivity index (χ3v) is 2.88. The van der Waals surface area contributed by atoms with E-state index in [2.05, 4.69) is 0 Å². The quantitative estimate of drug-likeness (QED) is 0.605. The van der Waals surface area contributed by atoms with E-state index >= 15 is 0 Å². The molecule has 1 aromatic carbocycles. The molecule has 0 unspecified atom stereocenters. The van der Waals surface area contributed by atoms with E-state index in [0.717, 1.165) is 0 Å². The fraction of sp³-hybridized carbons (Fsp3) is 0.250. The van der Waals surface area contributed by atoms with Crippen molar-refractivity contribution < 1.29 is 18.1 Å². The Morgan fingerprint density at radius 2 is 2.00 bits per heavy atom. The summed E-state index contributed by atoms with van der Waals surface area (Å²) in [4.78, 5) is -0.506. The molecule has 0 saturated carbocycles. The van der Waals surface area contributed by atoms with Gasteiger partial charge >= 0.3 is 0 Å². The van der Waals surface area contributed by atoms with Gasteiger partial charge in [0.15, 0.2) is 0 Å². The monoisotopic (exact) mass is 236 g/mol. The smallest absolute Gasteiger partial charge is 0.298 e. The van der Waals surface area contributed by atoms with Gasteiger partial charge in [-0.05, 0) is 18.6 Å². The number of rotatable bonds is 2. The van der Waals surface area contributed by atoms with E-state index in [4.69, 9.17) is 16.2 Å². The number of aryl methyl sites for hydroxylation is 1. The van der Waals surface area contributed by atoms with Gasteiger partial charge in [0.1, 0.15) is 10.6 Å². The van der Waals surface area contributed by atoms with Crippen LogP contribution in [0.25, 0.3) is 0 Å². The molecule has 0 aliphatic heterocycles. The van der Waals surface area contributed by atoms with Crippen LogP contribution in [0.15, 0.2) is 17.0 Å². The molecule has 0 aromatic heterocycles. The summed E-state index contributed by atoms with van der Waals surface area (Å²) in [7, 11) is -4.40. The minimum Gasteiger partial charge on any atom is -0.506 e. The van der Waals surface area contributed by atoms with Crippen LogP contribution in [0.5, 0.6) is 5.75 Å². The number of alkyl halides is 1. The highest BCUT2D eigenvalue weighted by atomic mass is 35.5. The summed E-state index contributed by atoms with van der Waals surface area (Å²) in [6.45, 7) is 1.64. The lowest BCUT2D eigenvalue weighted by Gasteiger charge is -2.06. The molecule has 0 radical (unpaired) electrons.